The third-order valence-electron chi connectivity index (χ3n) is 3.14. The average molecular weight is 315 g/mol. The topological polar surface area (TPSA) is 51.2 Å². The largest absolute Gasteiger partial charge is 0.492 e. The monoisotopic (exact) mass is 314 g/mol. The predicted molar refractivity (Wildman–Crippen MR) is 86.7 cm³/mol. The number of hydrogen-bond acceptors (Lipinski definition) is 4. The van der Waals surface area contributed by atoms with Gasteiger partial charge in [-0.3, -0.25) is 4.40 Å². The third kappa shape index (κ3) is 2.80. The quantitative estimate of drug-likeness (QED) is 0.628. The molecule has 2 heterocycles. The van der Waals surface area contributed by atoms with Crippen LogP contribution >= 0.6 is 11.6 Å². The van der Waals surface area contributed by atoms with Crippen LogP contribution in [0, 0.1) is 6.92 Å². The smallest absolute Gasteiger partial charge is 0.182 e. The second-order valence-electron chi connectivity index (χ2n) is 4.70. The summed E-state index contributed by atoms with van der Waals surface area (Å²) in [5, 5.41) is 9.26. The maximum atomic E-state index is 6.04. The summed E-state index contributed by atoms with van der Waals surface area (Å²) in [4.78, 5) is 4.44. The highest BCUT2D eigenvalue weighted by atomic mass is 35.5. The number of rotatable bonds is 4. The standard InChI is InChI=1S/C16H15ClN4O/c1-3-22-14-7-5-4-6-13(14)19-20-16-11(2)18-15-9-8-12(17)10-21(15)16/h4-10H,3H2,1-2H3. The molecule has 0 spiro atoms. The van der Waals surface area contributed by atoms with Crippen LogP contribution in [-0.2, 0) is 0 Å². The fourth-order valence-electron chi connectivity index (χ4n) is 2.16. The number of nitrogens with zero attached hydrogens (tertiary/aromatic N) is 4. The van der Waals surface area contributed by atoms with E-state index < -0.39 is 0 Å². The summed E-state index contributed by atoms with van der Waals surface area (Å²) in [6, 6.07) is 11.2. The van der Waals surface area contributed by atoms with E-state index in [2.05, 4.69) is 15.2 Å². The molecule has 5 nitrogen and oxygen atoms in total. The Labute approximate surface area is 133 Å². The lowest BCUT2D eigenvalue weighted by Gasteiger charge is -2.04. The van der Waals surface area contributed by atoms with Gasteiger partial charge in [0.05, 0.1) is 17.3 Å². The van der Waals surface area contributed by atoms with Gasteiger partial charge in [0.2, 0.25) is 0 Å². The Balaban J connectivity index is 2.03. The first-order chi connectivity index (χ1) is 10.7. The summed E-state index contributed by atoms with van der Waals surface area (Å²) in [5.74, 6) is 1.36. The van der Waals surface area contributed by atoms with Gasteiger partial charge >= 0.3 is 0 Å². The van der Waals surface area contributed by atoms with Crippen LogP contribution in [0.1, 0.15) is 12.6 Å². The van der Waals surface area contributed by atoms with Crippen molar-refractivity contribution in [3.05, 3.63) is 53.3 Å². The van der Waals surface area contributed by atoms with Gasteiger partial charge in [-0.1, -0.05) is 23.7 Å². The molecule has 0 N–H and O–H groups in total. The first-order valence-corrected chi connectivity index (χ1v) is 7.34. The highest BCUT2D eigenvalue weighted by Gasteiger charge is 2.09. The highest BCUT2D eigenvalue weighted by Crippen LogP contribution is 2.30. The van der Waals surface area contributed by atoms with Crippen molar-refractivity contribution >= 4 is 28.8 Å². The number of fused-ring (bicyclic) bond motifs is 1. The molecular weight excluding hydrogens is 300 g/mol. The SMILES string of the molecule is CCOc1ccccc1N=Nc1c(C)nc2ccc(Cl)cn12. The number of azo groups is 1. The molecule has 0 aliphatic carbocycles. The molecule has 2 aromatic heterocycles. The van der Waals surface area contributed by atoms with E-state index in [9.17, 15) is 0 Å². The molecule has 0 fully saturated rings. The van der Waals surface area contributed by atoms with Crippen molar-refractivity contribution in [3.63, 3.8) is 0 Å². The molecule has 3 rings (SSSR count). The second kappa shape index (κ2) is 6.15. The number of hydrogen-bond donors (Lipinski definition) is 0. The molecule has 0 bridgehead atoms. The zero-order chi connectivity index (χ0) is 15.5. The predicted octanol–water partition coefficient (Wildman–Crippen LogP) is 5.11. The molecule has 0 aliphatic heterocycles. The molecule has 0 saturated carbocycles. The number of benzene rings is 1. The number of imidazole rings is 1. The van der Waals surface area contributed by atoms with Crippen molar-refractivity contribution in [2.24, 2.45) is 10.2 Å². The van der Waals surface area contributed by atoms with Gasteiger partial charge < -0.3 is 4.74 Å². The van der Waals surface area contributed by atoms with Crippen LogP contribution < -0.4 is 4.74 Å². The molecule has 0 amide bonds. The van der Waals surface area contributed by atoms with Crippen LogP contribution in [0.25, 0.3) is 5.65 Å². The zero-order valence-corrected chi connectivity index (χ0v) is 13.1. The zero-order valence-electron chi connectivity index (χ0n) is 12.3. The van der Waals surface area contributed by atoms with E-state index in [4.69, 9.17) is 16.3 Å². The molecule has 0 aliphatic rings. The van der Waals surface area contributed by atoms with Crippen molar-refractivity contribution in [1.29, 1.82) is 0 Å². The van der Waals surface area contributed by atoms with Crippen LogP contribution in [0.15, 0.2) is 52.8 Å². The minimum atomic E-state index is 0.580. The molecule has 1 aromatic carbocycles. The first-order valence-electron chi connectivity index (χ1n) is 6.97. The normalized spacial score (nSPS) is 11.4. The second-order valence-corrected chi connectivity index (χ2v) is 5.13. The van der Waals surface area contributed by atoms with Gasteiger partial charge in [0.1, 0.15) is 17.1 Å². The Bertz CT molecular complexity index is 841. The first kappa shape index (κ1) is 14.5. The maximum absolute atomic E-state index is 6.04. The molecular formula is C16H15ClN4O. The van der Waals surface area contributed by atoms with Crippen LogP contribution in [0.5, 0.6) is 5.75 Å². The summed E-state index contributed by atoms with van der Waals surface area (Å²) in [6.45, 7) is 4.41. The van der Waals surface area contributed by atoms with E-state index >= 15 is 0 Å². The number of ether oxygens (including phenoxy) is 1. The minimum Gasteiger partial charge on any atom is -0.492 e. The molecule has 0 radical (unpaired) electrons. The number of pyridine rings is 1. The number of para-hydroxylation sites is 1. The van der Waals surface area contributed by atoms with Crippen molar-refractivity contribution < 1.29 is 4.74 Å². The molecule has 0 saturated heterocycles. The summed E-state index contributed by atoms with van der Waals surface area (Å²) in [6.07, 6.45) is 1.78. The average Bonchev–Trinajstić information content (AvgIpc) is 2.82. The van der Waals surface area contributed by atoms with Gasteiger partial charge in [0.15, 0.2) is 5.82 Å². The summed E-state index contributed by atoms with van der Waals surface area (Å²) in [5.41, 5.74) is 2.26. The summed E-state index contributed by atoms with van der Waals surface area (Å²) < 4.78 is 7.37. The summed E-state index contributed by atoms with van der Waals surface area (Å²) >= 11 is 6.04. The Morgan fingerprint density at radius 1 is 1.18 bits per heavy atom. The van der Waals surface area contributed by atoms with Gasteiger partial charge in [-0.2, -0.15) is 0 Å². The van der Waals surface area contributed by atoms with Gasteiger partial charge in [-0.15, -0.1) is 10.2 Å². The molecule has 112 valence electrons. The van der Waals surface area contributed by atoms with Crippen LogP contribution in [0.2, 0.25) is 5.02 Å². The Hall–Kier alpha value is -2.40. The highest BCUT2D eigenvalue weighted by molar-refractivity contribution is 6.30. The molecule has 6 heteroatoms. The number of aryl methyl sites for hydroxylation is 1. The summed E-state index contributed by atoms with van der Waals surface area (Å²) in [7, 11) is 0. The van der Waals surface area contributed by atoms with E-state index in [0.717, 1.165) is 11.3 Å². The Morgan fingerprint density at radius 3 is 2.82 bits per heavy atom. The fourth-order valence-corrected chi connectivity index (χ4v) is 2.32. The van der Waals surface area contributed by atoms with Crippen LogP contribution in [-0.4, -0.2) is 16.0 Å². The molecule has 22 heavy (non-hydrogen) atoms. The van der Waals surface area contributed by atoms with Gasteiger partial charge in [-0.25, -0.2) is 4.98 Å². The fraction of sp³-hybridized carbons (Fsp3) is 0.188. The molecule has 3 aromatic rings. The van der Waals surface area contributed by atoms with Crippen molar-refractivity contribution in [2.75, 3.05) is 6.61 Å². The van der Waals surface area contributed by atoms with E-state index in [1.807, 2.05) is 48.6 Å². The molecule has 0 unspecified atom stereocenters. The van der Waals surface area contributed by atoms with E-state index in [1.54, 1.807) is 12.3 Å². The minimum absolute atomic E-state index is 0.580. The third-order valence-corrected chi connectivity index (χ3v) is 3.37. The Morgan fingerprint density at radius 2 is 2.00 bits per heavy atom. The number of aromatic nitrogens is 2. The Kier molecular flexibility index (Phi) is 4.06. The van der Waals surface area contributed by atoms with Gasteiger partial charge in [0.25, 0.3) is 0 Å². The van der Waals surface area contributed by atoms with E-state index in [1.165, 1.54) is 0 Å². The van der Waals surface area contributed by atoms with Crippen LogP contribution in [0.3, 0.4) is 0 Å². The van der Waals surface area contributed by atoms with Crippen molar-refractivity contribution in [2.45, 2.75) is 13.8 Å². The van der Waals surface area contributed by atoms with Crippen LogP contribution in [0.4, 0.5) is 11.5 Å². The lowest BCUT2D eigenvalue weighted by molar-refractivity contribution is 0.341. The molecule has 0 atom stereocenters. The number of halogens is 1. The van der Waals surface area contributed by atoms with Gasteiger partial charge in [-0.05, 0) is 38.1 Å². The van der Waals surface area contributed by atoms with Crippen molar-refractivity contribution in [1.82, 2.24) is 9.38 Å². The lowest BCUT2D eigenvalue weighted by Crippen LogP contribution is -1.90. The van der Waals surface area contributed by atoms with E-state index in [0.29, 0.717) is 28.9 Å². The van der Waals surface area contributed by atoms with E-state index in [-0.39, 0.29) is 0 Å². The van der Waals surface area contributed by atoms with Gasteiger partial charge in [0, 0.05) is 6.20 Å². The maximum Gasteiger partial charge on any atom is 0.182 e. The van der Waals surface area contributed by atoms with Crippen molar-refractivity contribution in [3.8, 4) is 5.75 Å². The lowest BCUT2D eigenvalue weighted by atomic mass is 10.3.